The normalized spacial score (nSPS) is 34.9. The molecule has 0 unspecified atom stereocenters. The lowest BCUT2D eigenvalue weighted by Gasteiger charge is -2.27. The fourth-order valence-electron chi connectivity index (χ4n) is 2.15. The summed E-state index contributed by atoms with van der Waals surface area (Å²) >= 11 is 0. The molecule has 0 aromatic rings. The molecule has 2 rings (SSSR count). The summed E-state index contributed by atoms with van der Waals surface area (Å²) in [6.07, 6.45) is 4.41. The average molecular weight is 164 g/mol. The van der Waals surface area contributed by atoms with Crippen LogP contribution in [0.5, 0.6) is 0 Å². The van der Waals surface area contributed by atoms with Crippen molar-refractivity contribution in [3.63, 3.8) is 0 Å². The molecule has 0 aromatic heterocycles. The third-order valence-electron chi connectivity index (χ3n) is 3.15. The molecular weight excluding hydrogens is 152 g/mol. The number of allylic oxidation sites excluding steroid dienone is 2. The second-order valence-corrected chi connectivity index (χ2v) is 3.89. The van der Waals surface area contributed by atoms with Crippen molar-refractivity contribution >= 4 is 11.6 Å². The molecule has 2 aliphatic rings. The van der Waals surface area contributed by atoms with Gasteiger partial charge in [0.15, 0.2) is 5.78 Å². The maximum absolute atomic E-state index is 11.5. The quantitative estimate of drug-likeness (QED) is 0.545. The zero-order chi connectivity index (χ0) is 8.77. The van der Waals surface area contributed by atoms with Crippen LogP contribution in [0.3, 0.4) is 0 Å². The Kier molecular flexibility index (Phi) is 1.47. The highest BCUT2D eigenvalue weighted by Crippen LogP contribution is 2.45. The summed E-state index contributed by atoms with van der Waals surface area (Å²) in [5.41, 5.74) is 0.803. The Bertz CT molecular complexity index is 288. The minimum absolute atomic E-state index is 0.192. The monoisotopic (exact) mass is 164 g/mol. The predicted octanol–water partition coefficient (Wildman–Crippen LogP) is 1.64. The van der Waals surface area contributed by atoms with Gasteiger partial charge in [-0.2, -0.15) is 0 Å². The lowest BCUT2D eigenvalue weighted by Crippen LogP contribution is -2.27. The number of carbonyl (C=O) groups is 2. The van der Waals surface area contributed by atoms with E-state index >= 15 is 0 Å². The maximum Gasteiger partial charge on any atom is 0.155 e. The third-order valence-corrected chi connectivity index (χ3v) is 3.15. The van der Waals surface area contributed by atoms with Gasteiger partial charge >= 0.3 is 0 Å². The predicted molar refractivity (Wildman–Crippen MR) is 44.7 cm³/mol. The van der Waals surface area contributed by atoms with E-state index in [0.717, 1.165) is 18.4 Å². The molecule has 0 bridgehead atoms. The fraction of sp³-hybridized carbons (Fsp3) is 0.600. The molecule has 1 fully saturated rings. The Labute approximate surface area is 71.6 Å². The van der Waals surface area contributed by atoms with E-state index in [2.05, 4.69) is 0 Å². The SMILES string of the molecule is C[C@@]12CCC(=O)C=C1CCC2=O. The Morgan fingerprint density at radius 2 is 2.00 bits per heavy atom. The van der Waals surface area contributed by atoms with Crippen molar-refractivity contribution in [2.75, 3.05) is 0 Å². The zero-order valence-electron chi connectivity index (χ0n) is 7.22. The zero-order valence-corrected chi connectivity index (χ0v) is 7.22. The molecule has 0 radical (unpaired) electrons. The molecule has 0 amide bonds. The standard InChI is InChI=1S/C10H12O2/c1-10-5-4-8(11)6-7(10)2-3-9(10)12/h6H,2-5H2,1H3/t10-/m1/s1. The van der Waals surface area contributed by atoms with E-state index in [0.29, 0.717) is 18.6 Å². The largest absolute Gasteiger partial charge is 0.299 e. The van der Waals surface area contributed by atoms with Crippen LogP contribution in [-0.2, 0) is 9.59 Å². The van der Waals surface area contributed by atoms with E-state index in [1.165, 1.54) is 0 Å². The van der Waals surface area contributed by atoms with Crippen molar-refractivity contribution in [3.05, 3.63) is 11.6 Å². The molecule has 2 heteroatoms. The van der Waals surface area contributed by atoms with Gasteiger partial charge in [0.25, 0.3) is 0 Å². The number of Topliss-reactive ketones (excluding diaryl/α,β-unsaturated/α-hetero) is 1. The summed E-state index contributed by atoms with van der Waals surface area (Å²) < 4.78 is 0. The first-order valence-electron chi connectivity index (χ1n) is 4.40. The molecule has 1 atom stereocenters. The lowest BCUT2D eigenvalue weighted by atomic mass is 9.75. The first-order chi connectivity index (χ1) is 5.63. The number of carbonyl (C=O) groups excluding carboxylic acids is 2. The highest BCUT2D eigenvalue weighted by atomic mass is 16.1. The fourth-order valence-corrected chi connectivity index (χ4v) is 2.15. The van der Waals surface area contributed by atoms with E-state index in [-0.39, 0.29) is 11.2 Å². The minimum Gasteiger partial charge on any atom is -0.299 e. The Morgan fingerprint density at radius 3 is 2.75 bits per heavy atom. The molecule has 0 spiro atoms. The molecule has 64 valence electrons. The summed E-state index contributed by atoms with van der Waals surface area (Å²) in [5, 5.41) is 0. The first kappa shape index (κ1) is 7.71. The van der Waals surface area contributed by atoms with Crippen molar-refractivity contribution < 1.29 is 9.59 Å². The maximum atomic E-state index is 11.5. The minimum atomic E-state index is -0.270. The van der Waals surface area contributed by atoms with Gasteiger partial charge in [0.1, 0.15) is 5.78 Å². The summed E-state index contributed by atoms with van der Waals surface area (Å²) in [6.45, 7) is 1.97. The Morgan fingerprint density at radius 1 is 1.25 bits per heavy atom. The van der Waals surface area contributed by atoms with Crippen molar-refractivity contribution in [2.45, 2.75) is 32.6 Å². The van der Waals surface area contributed by atoms with Crippen LogP contribution in [0.15, 0.2) is 11.6 Å². The summed E-state index contributed by atoms with van der Waals surface area (Å²) in [5.74, 6) is 0.512. The van der Waals surface area contributed by atoms with Gasteiger partial charge in [-0.1, -0.05) is 5.57 Å². The topological polar surface area (TPSA) is 34.1 Å². The second-order valence-electron chi connectivity index (χ2n) is 3.89. The van der Waals surface area contributed by atoms with Gasteiger partial charge in [-0.3, -0.25) is 9.59 Å². The van der Waals surface area contributed by atoms with Gasteiger partial charge in [-0.05, 0) is 25.8 Å². The molecule has 0 aromatic carbocycles. The van der Waals surface area contributed by atoms with Gasteiger partial charge < -0.3 is 0 Å². The van der Waals surface area contributed by atoms with E-state index < -0.39 is 0 Å². The van der Waals surface area contributed by atoms with Crippen LogP contribution < -0.4 is 0 Å². The number of fused-ring (bicyclic) bond motifs is 1. The van der Waals surface area contributed by atoms with Crippen molar-refractivity contribution in [1.82, 2.24) is 0 Å². The molecule has 0 saturated heterocycles. The first-order valence-corrected chi connectivity index (χ1v) is 4.40. The van der Waals surface area contributed by atoms with Crippen LogP contribution in [0.4, 0.5) is 0 Å². The molecule has 2 aliphatic carbocycles. The molecule has 12 heavy (non-hydrogen) atoms. The molecular formula is C10H12O2. The van der Waals surface area contributed by atoms with Crippen LogP contribution in [0, 0.1) is 5.41 Å². The van der Waals surface area contributed by atoms with E-state index in [1.807, 2.05) is 6.92 Å². The van der Waals surface area contributed by atoms with Crippen LogP contribution in [0.2, 0.25) is 0 Å². The summed E-state index contributed by atoms with van der Waals surface area (Å²) in [6, 6.07) is 0. The Balaban J connectivity index is 2.43. The summed E-state index contributed by atoms with van der Waals surface area (Å²) in [7, 11) is 0. The molecule has 0 heterocycles. The van der Waals surface area contributed by atoms with Crippen LogP contribution in [0.1, 0.15) is 32.6 Å². The van der Waals surface area contributed by atoms with Crippen molar-refractivity contribution in [3.8, 4) is 0 Å². The summed E-state index contributed by atoms with van der Waals surface area (Å²) in [4.78, 5) is 22.6. The van der Waals surface area contributed by atoms with Gasteiger partial charge in [-0.25, -0.2) is 0 Å². The van der Waals surface area contributed by atoms with Crippen LogP contribution in [0.25, 0.3) is 0 Å². The Hall–Kier alpha value is -0.920. The smallest absolute Gasteiger partial charge is 0.155 e. The van der Waals surface area contributed by atoms with E-state index in [1.54, 1.807) is 6.08 Å². The molecule has 1 saturated carbocycles. The van der Waals surface area contributed by atoms with Gasteiger partial charge in [0.05, 0.1) is 0 Å². The number of hydrogen-bond acceptors (Lipinski definition) is 2. The molecule has 0 aliphatic heterocycles. The third kappa shape index (κ3) is 0.872. The molecule has 0 N–H and O–H groups in total. The average Bonchev–Trinajstić information content (AvgIpc) is 2.31. The van der Waals surface area contributed by atoms with E-state index in [4.69, 9.17) is 0 Å². The highest BCUT2D eigenvalue weighted by molar-refractivity contribution is 5.99. The van der Waals surface area contributed by atoms with Gasteiger partial charge in [-0.15, -0.1) is 0 Å². The second kappa shape index (κ2) is 2.28. The highest BCUT2D eigenvalue weighted by Gasteiger charge is 2.43. The van der Waals surface area contributed by atoms with Crippen molar-refractivity contribution in [2.24, 2.45) is 5.41 Å². The van der Waals surface area contributed by atoms with Crippen LogP contribution in [-0.4, -0.2) is 11.6 Å². The molecule has 2 nitrogen and oxygen atoms in total. The van der Waals surface area contributed by atoms with Crippen LogP contribution >= 0.6 is 0 Å². The van der Waals surface area contributed by atoms with Crippen molar-refractivity contribution in [1.29, 1.82) is 0 Å². The number of hydrogen-bond donors (Lipinski definition) is 0. The lowest BCUT2D eigenvalue weighted by molar-refractivity contribution is -0.125. The van der Waals surface area contributed by atoms with Gasteiger partial charge in [0.2, 0.25) is 0 Å². The number of ketones is 2. The van der Waals surface area contributed by atoms with E-state index in [9.17, 15) is 9.59 Å². The number of rotatable bonds is 0. The van der Waals surface area contributed by atoms with Gasteiger partial charge in [0, 0.05) is 18.3 Å².